The van der Waals surface area contributed by atoms with Gasteiger partial charge < -0.3 is 14.6 Å². The molecule has 0 saturated heterocycles. The standard InChI is InChI=1S/C32H34N2O8S2/c1-4-5-6-19-41-31-21-25(12-18-30(31)34-44(39,40)27-15-9-23(3)10-16-27)42-24-11-17-29(28(20-24)32(35)36)33-43(37,38)26-13-7-22(2)8-14-26/h7-18,20-21,33-34H,4-6,19H2,1-3H3,(H,35,36). The molecule has 0 aliphatic heterocycles. The minimum Gasteiger partial charge on any atom is -0.491 e. The quantitative estimate of drug-likeness (QED) is 0.126. The smallest absolute Gasteiger partial charge is 0.337 e. The number of nitrogens with one attached hydrogen (secondary N) is 2. The number of benzene rings is 4. The summed E-state index contributed by atoms with van der Waals surface area (Å²) in [4.78, 5) is 12.1. The molecule has 4 aromatic carbocycles. The number of unbranched alkanes of at least 4 members (excludes halogenated alkanes) is 2. The number of sulfonamides is 2. The second-order valence-corrected chi connectivity index (χ2v) is 13.5. The fraction of sp³-hybridized carbons (Fsp3) is 0.219. The highest BCUT2D eigenvalue weighted by molar-refractivity contribution is 7.93. The van der Waals surface area contributed by atoms with Crippen LogP contribution in [0.25, 0.3) is 0 Å². The first-order chi connectivity index (χ1) is 20.9. The van der Waals surface area contributed by atoms with Crippen LogP contribution in [0.3, 0.4) is 0 Å². The third kappa shape index (κ3) is 8.29. The normalized spacial score (nSPS) is 11.5. The number of hydrogen-bond donors (Lipinski definition) is 3. The van der Waals surface area contributed by atoms with Gasteiger partial charge >= 0.3 is 5.97 Å². The molecule has 3 N–H and O–H groups in total. The number of carbonyl (C=O) groups is 1. The maximum Gasteiger partial charge on any atom is 0.337 e. The lowest BCUT2D eigenvalue weighted by atomic mass is 10.1. The van der Waals surface area contributed by atoms with Gasteiger partial charge in [-0.25, -0.2) is 21.6 Å². The second-order valence-electron chi connectivity index (χ2n) is 10.2. The Morgan fingerprint density at radius 3 is 1.73 bits per heavy atom. The van der Waals surface area contributed by atoms with Crippen LogP contribution in [-0.2, 0) is 20.0 Å². The highest BCUT2D eigenvalue weighted by atomic mass is 32.2. The zero-order chi connectivity index (χ0) is 31.9. The average molecular weight is 639 g/mol. The van der Waals surface area contributed by atoms with E-state index in [-0.39, 0.29) is 44.0 Å². The number of hydrogen-bond acceptors (Lipinski definition) is 7. The van der Waals surface area contributed by atoms with E-state index in [1.54, 1.807) is 24.3 Å². The average Bonchev–Trinajstić information content (AvgIpc) is 2.97. The SMILES string of the molecule is CCCCCOc1cc(Oc2ccc(NS(=O)(=O)c3ccc(C)cc3)c(C(=O)O)c2)ccc1NS(=O)(=O)c1ccc(C)cc1. The van der Waals surface area contributed by atoms with Crippen molar-refractivity contribution in [2.45, 2.75) is 49.8 Å². The van der Waals surface area contributed by atoms with E-state index in [0.29, 0.717) is 6.61 Å². The Kier molecular flexibility index (Phi) is 10.2. The maximum atomic E-state index is 13.1. The van der Waals surface area contributed by atoms with Crippen molar-refractivity contribution in [3.8, 4) is 17.2 Å². The van der Waals surface area contributed by atoms with Crippen molar-refractivity contribution in [3.63, 3.8) is 0 Å². The Morgan fingerprint density at radius 2 is 1.20 bits per heavy atom. The molecule has 12 heteroatoms. The van der Waals surface area contributed by atoms with Gasteiger partial charge in [-0.15, -0.1) is 0 Å². The monoisotopic (exact) mass is 638 g/mol. The topological polar surface area (TPSA) is 148 Å². The highest BCUT2D eigenvalue weighted by Crippen LogP contribution is 2.35. The summed E-state index contributed by atoms with van der Waals surface area (Å²) in [7, 11) is -7.95. The van der Waals surface area contributed by atoms with Crippen LogP contribution in [0.5, 0.6) is 17.2 Å². The molecule has 0 heterocycles. The number of rotatable bonds is 14. The predicted octanol–water partition coefficient (Wildman–Crippen LogP) is 6.96. The molecule has 0 fully saturated rings. The summed E-state index contributed by atoms with van der Waals surface area (Å²) in [5, 5.41) is 9.82. The van der Waals surface area contributed by atoms with Crippen LogP contribution in [0.2, 0.25) is 0 Å². The number of aryl methyl sites for hydroxylation is 2. The number of carboxylic acid groups (broad SMARTS) is 1. The van der Waals surface area contributed by atoms with Crippen molar-refractivity contribution in [2.75, 3.05) is 16.1 Å². The first-order valence-electron chi connectivity index (χ1n) is 13.9. The van der Waals surface area contributed by atoms with Crippen LogP contribution >= 0.6 is 0 Å². The van der Waals surface area contributed by atoms with Gasteiger partial charge in [0.2, 0.25) is 0 Å². The van der Waals surface area contributed by atoms with Crippen molar-refractivity contribution in [1.29, 1.82) is 0 Å². The lowest BCUT2D eigenvalue weighted by Gasteiger charge is -2.16. The zero-order valence-corrected chi connectivity index (χ0v) is 26.2. The van der Waals surface area contributed by atoms with Gasteiger partial charge in [0.25, 0.3) is 20.0 Å². The lowest BCUT2D eigenvalue weighted by Crippen LogP contribution is -2.15. The molecular weight excluding hydrogens is 604 g/mol. The molecule has 0 aromatic heterocycles. The predicted molar refractivity (Wildman–Crippen MR) is 169 cm³/mol. The zero-order valence-electron chi connectivity index (χ0n) is 24.5. The number of aromatic carboxylic acids is 1. The van der Waals surface area contributed by atoms with E-state index in [1.807, 2.05) is 13.8 Å². The van der Waals surface area contributed by atoms with E-state index < -0.39 is 26.0 Å². The van der Waals surface area contributed by atoms with Crippen LogP contribution in [0.1, 0.15) is 47.7 Å². The van der Waals surface area contributed by atoms with Crippen molar-refractivity contribution in [3.05, 3.63) is 102 Å². The second kappa shape index (κ2) is 13.8. The fourth-order valence-corrected chi connectivity index (χ4v) is 6.29. The molecule has 44 heavy (non-hydrogen) atoms. The first kappa shape index (κ1) is 32.4. The molecule has 4 aromatic rings. The molecule has 0 aliphatic rings. The summed E-state index contributed by atoms with van der Waals surface area (Å²) in [5.41, 5.74) is 1.56. The lowest BCUT2D eigenvalue weighted by molar-refractivity contribution is 0.0697. The van der Waals surface area contributed by atoms with Gasteiger partial charge in [0.15, 0.2) is 0 Å². The molecule has 0 amide bonds. The number of carboxylic acids is 1. The van der Waals surface area contributed by atoms with Gasteiger partial charge in [-0.05, 0) is 74.9 Å². The van der Waals surface area contributed by atoms with E-state index >= 15 is 0 Å². The fourth-order valence-electron chi connectivity index (χ4n) is 4.14. The van der Waals surface area contributed by atoms with Crippen molar-refractivity contribution in [2.24, 2.45) is 0 Å². The third-order valence-corrected chi connectivity index (χ3v) is 9.33. The maximum absolute atomic E-state index is 13.1. The Labute approximate surface area is 257 Å². The van der Waals surface area contributed by atoms with E-state index in [4.69, 9.17) is 9.47 Å². The van der Waals surface area contributed by atoms with Gasteiger partial charge in [-0.2, -0.15) is 0 Å². The Balaban J connectivity index is 1.60. The number of ether oxygens (including phenoxy) is 2. The Bertz CT molecular complexity index is 1840. The van der Waals surface area contributed by atoms with Crippen LogP contribution in [0, 0.1) is 13.8 Å². The molecule has 10 nitrogen and oxygen atoms in total. The van der Waals surface area contributed by atoms with E-state index in [9.17, 15) is 26.7 Å². The van der Waals surface area contributed by atoms with Gasteiger partial charge in [-0.3, -0.25) is 9.44 Å². The summed E-state index contributed by atoms with van der Waals surface area (Å²) >= 11 is 0. The molecule has 0 aliphatic carbocycles. The van der Waals surface area contributed by atoms with Gasteiger partial charge in [-0.1, -0.05) is 55.2 Å². The molecule has 0 atom stereocenters. The largest absolute Gasteiger partial charge is 0.491 e. The minimum absolute atomic E-state index is 0.00989. The number of anilines is 2. The Hall–Kier alpha value is -4.55. The molecule has 0 bridgehead atoms. The van der Waals surface area contributed by atoms with Crippen molar-refractivity contribution in [1.82, 2.24) is 0 Å². The van der Waals surface area contributed by atoms with E-state index in [2.05, 4.69) is 16.4 Å². The molecule has 0 unspecified atom stereocenters. The van der Waals surface area contributed by atoms with Crippen molar-refractivity contribution < 1.29 is 36.2 Å². The van der Waals surface area contributed by atoms with E-state index in [1.165, 1.54) is 60.7 Å². The van der Waals surface area contributed by atoms with Gasteiger partial charge in [0, 0.05) is 6.07 Å². The molecule has 232 valence electrons. The summed E-state index contributed by atoms with van der Waals surface area (Å²) < 4.78 is 68.6. The first-order valence-corrected chi connectivity index (χ1v) is 16.9. The molecule has 0 saturated carbocycles. The molecule has 0 spiro atoms. The van der Waals surface area contributed by atoms with Crippen LogP contribution in [0.15, 0.2) is 94.7 Å². The molecular formula is C32H34N2O8S2. The van der Waals surface area contributed by atoms with Crippen LogP contribution < -0.4 is 18.9 Å². The highest BCUT2D eigenvalue weighted by Gasteiger charge is 2.21. The van der Waals surface area contributed by atoms with Crippen molar-refractivity contribution >= 4 is 37.4 Å². The summed E-state index contributed by atoms with van der Waals surface area (Å²) in [5.74, 6) is -0.767. The van der Waals surface area contributed by atoms with Crippen LogP contribution in [-0.4, -0.2) is 34.5 Å². The summed E-state index contributed by atoms with van der Waals surface area (Å²) in [6.45, 7) is 6.08. The minimum atomic E-state index is -4.05. The summed E-state index contributed by atoms with van der Waals surface area (Å²) in [6.07, 6.45) is 2.66. The van der Waals surface area contributed by atoms with Crippen LogP contribution in [0.4, 0.5) is 11.4 Å². The molecule has 0 radical (unpaired) electrons. The molecule has 4 rings (SSSR count). The van der Waals surface area contributed by atoms with E-state index in [0.717, 1.165) is 30.4 Å². The van der Waals surface area contributed by atoms with Gasteiger partial charge in [0.1, 0.15) is 17.2 Å². The summed E-state index contributed by atoms with van der Waals surface area (Å²) in [6, 6.07) is 21.0. The Morgan fingerprint density at radius 1 is 0.705 bits per heavy atom. The van der Waals surface area contributed by atoms with Gasteiger partial charge in [0.05, 0.1) is 33.3 Å². The third-order valence-electron chi connectivity index (χ3n) is 6.57.